The molecule has 2 aromatic heterocycles. The molecule has 1 aliphatic heterocycles. The predicted octanol–water partition coefficient (Wildman–Crippen LogP) is 1.07. The number of hydrogen-bond acceptors (Lipinski definition) is 11. The van der Waals surface area contributed by atoms with Gasteiger partial charge in [0.15, 0.2) is 22.6 Å². The molecule has 0 unspecified atom stereocenters. The molecule has 12 heteroatoms. The minimum Gasteiger partial charge on any atom is -0.490 e. The van der Waals surface area contributed by atoms with Crippen LogP contribution in [0.5, 0.6) is 5.75 Å². The van der Waals surface area contributed by atoms with Gasteiger partial charge in [0.05, 0.1) is 20.6 Å². The number of thioether (sulfide) groups is 1. The molecule has 1 aliphatic rings. The van der Waals surface area contributed by atoms with Gasteiger partial charge in [-0.05, 0) is 20.4 Å². The van der Waals surface area contributed by atoms with Gasteiger partial charge in [-0.2, -0.15) is 5.10 Å². The molecule has 0 aliphatic carbocycles. The van der Waals surface area contributed by atoms with Gasteiger partial charge in [-0.15, -0.1) is 0 Å². The Morgan fingerprint density at radius 2 is 2.00 bits per heavy atom. The molecule has 1 saturated heterocycles. The highest BCUT2D eigenvalue weighted by Crippen LogP contribution is 2.36. The second-order valence-corrected chi connectivity index (χ2v) is 8.48. The third-order valence-electron chi connectivity index (χ3n) is 5.19. The van der Waals surface area contributed by atoms with Crippen molar-refractivity contribution in [2.75, 3.05) is 84.1 Å². The second-order valence-electron chi connectivity index (χ2n) is 7.70. The van der Waals surface area contributed by atoms with Crippen LogP contribution >= 0.6 is 11.8 Å². The van der Waals surface area contributed by atoms with Crippen LogP contribution in [0.3, 0.4) is 0 Å². The number of H-pyrrole nitrogens is 1. The van der Waals surface area contributed by atoms with Crippen molar-refractivity contribution in [3.8, 4) is 5.75 Å². The number of aromatic amines is 1. The fraction of sp³-hybridized carbons (Fsp3) is 0.600. The lowest BCUT2D eigenvalue weighted by molar-refractivity contribution is -0.139. The van der Waals surface area contributed by atoms with Crippen molar-refractivity contribution < 1.29 is 14.3 Å². The van der Waals surface area contributed by atoms with E-state index in [0.717, 1.165) is 45.1 Å². The molecule has 0 spiro atoms. The molecule has 32 heavy (non-hydrogen) atoms. The number of aromatic nitrogens is 4. The predicted molar refractivity (Wildman–Crippen MR) is 125 cm³/mol. The lowest BCUT2D eigenvalue weighted by atomic mass is 10.3. The van der Waals surface area contributed by atoms with Crippen molar-refractivity contribution in [2.45, 2.75) is 11.6 Å². The summed E-state index contributed by atoms with van der Waals surface area (Å²) in [7, 11) is 7.17. The number of methoxy groups -OCH3 is 2. The summed E-state index contributed by atoms with van der Waals surface area (Å²) in [5, 5.41) is 10.9. The Labute approximate surface area is 192 Å². The van der Waals surface area contributed by atoms with Gasteiger partial charge in [-0.1, -0.05) is 11.8 Å². The van der Waals surface area contributed by atoms with E-state index in [-0.39, 0.29) is 12.4 Å². The van der Waals surface area contributed by atoms with Crippen molar-refractivity contribution in [3.05, 3.63) is 11.8 Å². The van der Waals surface area contributed by atoms with E-state index < -0.39 is 0 Å². The van der Waals surface area contributed by atoms with Crippen molar-refractivity contribution in [2.24, 2.45) is 0 Å². The van der Waals surface area contributed by atoms with Crippen LogP contribution in [-0.2, 0) is 16.0 Å². The first kappa shape index (κ1) is 24.1. The average Bonchev–Trinajstić information content (AvgIpc) is 3.23. The number of anilines is 3. The maximum atomic E-state index is 11.5. The van der Waals surface area contributed by atoms with Gasteiger partial charge >= 0.3 is 5.97 Å². The van der Waals surface area contributed by atoms with Gasteiger partial charge in [-0.25, -0.2) is 9.97 Å². The summed E-state index contributed by atoms with van der Waals surface area (Å²) < 4.78 is 10.4. The quantitative estimate of drug-likeness (QED) is 0.299. The Bertz CT molecular complexity index is 899. The summed E-state index contributed by atoms with van der Waals surface area (Å²) in [5.41, 5.74) is 0.645. The molecule has 0 radical (unpaired) electrons. The number of nitrogens with one attached hydrogen (secondary N) is 2. The second kappa shape index (κ2) is 11.3. The number of likely N-dealkylation sites (N-methyl/N-ethyl adjacent to an activating group) is 1. The SMILES string of the molecule is COC(=O)Cc1cc(Nc2nc(SC)nc(N3CCN(CCN(C)C)CC3)c2OC)n[nH]1. The normalized spacial score (nSPS) is 14.6. The molecule has 176 valence electrons. The maximum absolute atomic E-state index is 11.5. The van der Waals surface area contributed by atoms with Gasteiger partial charge in [0, 0.05) is 51.0 Å². The van der Waals surface area contributed by atoms with Crippen LogP contribution in [0.25, 0.3) is 0 Å². The van der Waals surface area contributed by atoms with Crippen LogP contribution in [0.15, 0.2) is 11.2 Å². The van der Waals surface area contributed by atoms with Gasteiger partial charge in [-0.3, -0.25) is 14.8 Å². The van der Waals surface area contributed by atoms with E-state index in [9.17, 15) is 4.79 Å². The largest absolute Gasteiger partial charge is 0.490 e. The van der Waals surface area contributed by atoms with E-state index in [1.54, 1.807) is 13.2 Å². The molecule has 0 bridgehead atoms. The third-order valence-corrected chi connectivity index (χ3v) is 5.74. The summed E-state index contributed by atoms with van der Waals surface area (Å²) >= 11 is 1.47. The van der Waals surface area contributed by atoms with Crippen molar-refractivity contribution in [3.63, 3.8) is 0 Å². The number of piperazine rings is 1. The fourth-order valence-electron chi connectivity index (χ4n) is 3.39. The van der Waals surface area contributed by atoms with E-state index in [4.69, 9.17) is 14.5 Å². The molecule has 1 fully saturated rings. The number of carbonyl (C=O) groups is 1. The fourth-order valence-corrected chi connectivity index (χ4v) is 3.75. The van der Waals surface area contributed by atoms with Crippen LogP contribution in [0.2, 0.25) is 0 Å². The Balaban J connectivity index is 1.77. The highest BCUT2D eigenvalue weighted by molar-refractivity contribution is 7.98. The highest BCUT2D eigenvalue weighted by Gasteiger charge is 2.25. The minimum absolute atomic E-state index is 0.117. The molecule has 0 amide bonds. The molecule has 0 atom stereocenters. The van der Waals surface area contributed by atoms with Crippen molar-refractivity contribution in [1.29, 1.82) is 0 Å². The van der Waals surface area contributed by atoms with Crippen LogP contribution in [0, 0.1) is 0 Å². The van der Waals surface area contributed by atoms with Gasteiger partial charge in [0.1, 0.15) is 0 Å². The third kappa shape index (κ3) is 6.24. The standard InChI is InChI=1S/C20H32N8O3S/c1-26(2)6-7-27-8-10-28(11-9-27)19-17(31-4)18(22-20(23-19)32-5)21-15-12-14(24-25-15)13-16(29)30-3/h12H,6-11,13H2,1-5H3,(H2,21,22,23,24,25). The van der Waals surface area contributed by atoms with E-state index in [1.807, 2.05) is 6.26 Å². The molecule has 11 nitrogen and oxygen atoms in total. The summed E-state index contributed by atoms with van der Waals surface area (Å²) in [6.45, 7) is 5.75. The Kier molecular flexibility index (Phi) is 8.53. The number of ether oxygens (including phenoxy) is 2. The summed E-state index contributed by atoms with van der Waals surface area (Å²) in [5.74, 6) is 2.07. The number of hydrogen-bond donors (Lipinski definition) is 2. The summed E-state index contributed by atoms with van der Waals surface area (Å²) in [4.78, 5) is 27.7. The van der Waals surface area contributed by atoms with Crippen LogP contribution in [0.4, 0.5) is 17.5 Å². The number of nitrogens with zero attached hydrogens (tertiary/aromatic N) is 6. The van der Waals surface area contributed by atoms with Crippen LogP contribution in [0.1, 0.15) is 5.69 Å². The zero-order valence-corrected chi connectivity index (χ0v) is 20.2. The van der Waals surface area contributed by atoms with Crippen molar-refractivity contribution >= 4 is 35.2 Å². The molecule has 3 heterocycles. The Morgan fingerprint density at radius 3 is 2.62 bits per heavy atom. The zero-order valence-electron chi connectivity index (χ0n) is 19.3. The van der Waals surface area contributed by atoms with Gasteiger partial charge in [0.25, 0.3) is 0 Å². The molecule has 0 saturated carbocycles. The van der Waals surface area contributed by atoms with E-state index in [1.165, 1.54) is 18.9 Å². The van der Waals surface area contributed by atoms with E-state index >= 15 is 0 Å². The first-order valence-electron chi connectivity index (χ1n) is 10.4. The van der Waals surface area contributed by atoms with Crippen molar-refractivity contribution in [1.82, 2.24) is 30.0 Å². The Morgan fingerprint density at radius 1 is 1.25 bits per heavy atom. The van der Waals surface area contributed by atoms with Gasteiger partial charge < -0.3 is 24.6 Å². The molecule has 2 N–H and O–H groups in total. The molecule has 3 rings (SSSR count). The number of esters is 1. The molecular weight excluding hydrogens is 432 g/mol. The number of carbonyl (C=O) groups excluding carboxylic acids is 1. The summed E-state index contributed by atoms with van der Waals surface area (Å²) in [6, 6.07) is 1.75. The first-order valence-corrected chi connectivity index (χ1v) is 11.7. The van der Waals surface area contributed by atoms with E-state index in [2.05, 4.69) is 49.3 Å². The average molecular weight is 465 g/mol. The van der Waals surface area contributed by atoms with Crippen LogP contribution < -0.4 is 15.0 Å². The first-order chi connectivity index (χ1) is 15.4. The number of rotatable bonds is 10. The lowest BCUT2D eigenvalue weighted by Crippen LogP contribution is -2.48. The minimum atomic E-state index is -0.337. The topological polar surface area (TPSA) is 112 Å². The lowest BCUT2D eigenvalue weighted by Gasteiger charge is -2.36. The monoisotopic (exact) mass is 464 g/mol. The van der Waals surface area contributed by atoms with Gasteiger partial charge in [0.2, 0.25) is 5.75 Å². The molecule has 2 aromatic rings. The Hall–Kier alpha value is -2.57. The smallest absolute Gasteiger partial charge is 0.311 e. The van der Waals surface area contributed by atoms with Crippen LogP contribution in [-0.4, -0.2) is 110 Å². The molecule has 0 aromatic carbocycles. The zero-order chi connectivity index (χ0) is 23.1. The van der Waals surface area contributed by atoms with E-state index in [0.29, 0.717) is 28.2 Å². The highest BCUT2D eigenvalue weighted by atomic mass is 32.2. The molecular formula is C20H32N8O3S. The maximum Gasteiger partial charge on any atom is 0.311 e. The summed E-state index contributed by atoms with van der Waals surface area (Å²) in [6.07, 6.45) is 2.06.